The average molecular weight is 276 g/mol. The number of ether oxygens (including phenoxy) is 1. The summed E-state index contributed by atoms with van der Waals surface area (Å²) in [6, 6.07) is -0.241. The van der Waals surface area contributed by atoms with Crippen LogP contribution in [0.3, 0.4) is 0 Å². The predicted octanol–water partition coefficient (Wildman–Crippen LogP) is -0.101. The van der Waals surface area contributed by atoms with Crippen LogP contribution in [0.4, 0.5) is 4.79 Å². The van der Waals surface area contributed by atoms with Gasteiger partial charge >= 0.3 is 6.03 Å². The summed E-state index contributed by atoms with van der Waals surface area (Å²) < 4.78 is 27.9. The Bertz CT molecular complexity index is 390. The molecule has 2 atom stereocenters. The second-order valence-electron chi connectivity index (χ2n) is 5.00. The molecule has 2 heterocycles. The third-order valence-electron chi connectivity index (χ3n) is 3.39. The van der Waals surface area contributed by atoms with E-state index in [1.165, 1.54) is 0 Å². The molecule has 2 aliphatic rings. The normalized spacial score (nSPS) is 30.2. The first kappa shape index (κ1) is 13.6. The predicted molar refractivity (Wildman–Crippen MR) is 67.1 cm³/mol. The number of urea groups is 1. The van der Waals surface area contributed by atoms with Gasteiger partial charge in [-0.1, -0.05) is 0 Å². The molecule has 0 aromatic heterocycles. The number of rotatable bonds is 4. The van der Waals surface area contributed by atoms with Crippen molar-refractivity contribution in [2.45, 2.75) is 25.4 Å². The van der Waals surface area contributed by atoms with Crippen molar-refractivity contribution in [1.82, 2.24) is 10.6 Å². The molecule has 2 amide bonds. The van der Waals surface area contributed by atoms with Gasteiger partial charge in [0.15, 0.2) is 9.84 Å². The highest BCUT2D eigenvalue weighted by molar-refractivity contribution is 7.91. The summed E-state index contributed by atoms with van der Waals surface area (Å²) in [5.74, 6) is 0.499. The molecule has 2 N–H and O–H groups in total. The number of carbonyl (C=O) groups is 1. The largest absolute Gasteiger partial charge is 0.376 e. The van der Waals surface area contributed by atoms with Gasteiger partial charge in [-0.2, -0.15) is 0 Å². The van der Waals surface area contributed by atoms with Crippen molar-refractivity contribution in [2.75, 3.05) is 31.2 Å². The van der Waals surface area contributed by atoms with Gasteiger partial charge in [0, 0.05) is 19.7 Å². The van der Waals surface area contributed by atoms with Crippen LogP contribution in [0.25, 0.3) is 0 Å². The second-order valence-corrected chi connectivity index (χ2v) is 7.22. The quantitative estimate of drug-likeness (QED) is 0.751. The highest BCUT2D eigenvalue weighted by Gasteiger charge is 2.27. The van der Waals surface area contributed by atoms with Crippen molar-refractivity contribution in [3.63, 3.8) is 0 Å². The number of carbonyl (C=O) groups excluding carboxylic acids is 1. The van der Waals surface area contributed by atoms with Crippen LogP contribution in [-0.2, 0) is 14.6 Å². The number of hydrogen-bond acceptors (Lipinski definition) is 4. The number of nitrogens with one attached hydrogen (secondary N) is 2. The molecule has 6 nitrogen and oxygen atoms in total. The molecule has 0 spiro atoms. The van der Waals surface area contributed by atoms with Gasteiger partial charge in [0.1, 0.15) is 0 Å². The Kier molecular flexibility index (Phi) is 4.45. The fourth-order valence-electron chi connectivity index (χ4n) is 2.34. The smallest absolute Gasteiger partial charge is 0.314 e. The topological polar surface area (TPSA) is 84.5 Å². The molecule has 0 saturated carbocycles. The molecular formula is C11H20N2O4S. The van der Waals surface area contributed by atoms with Gasteiger partial charge in [0.05, 0.1) is 17.6 Å². The maximum atomic E-state index is 11.5. The van der Waals surface area contributed by atoms with Gasteiger partial charge in [-0.3, -0.25) is 0 Å². The molecule has 18 heavy (non-hydrogen) atoms. The zero-order chi connectivity index (χ0) is 13.0. The Morgan fingerprint density at radius 1 is 1.22 bits per heavy atom. The lowest BCUT2D eigenvalue weighted by Crippen LogP contribution is -2.41. The third kappa shape index (κ3) is 4.13. The first-order valence-corrected chi connectivity index (χ1v) is 8.21. The van der Waals surface area contributed by atoms with Gasteiger partial charge in [0.2, 0.25) is 0 Å². The Labute approximate surface area is 107 Å². The van der Waals surface area contributed by atoms with Crippen molar-refractivity contribution in [3.8, 4) is 0 Å². The van der Waals surface area contributed by atoms with E-state index < -0.39 is 9.84 Å². The lowest BCUT2D eigenvalue weighted by molar-refractivity contribution is 0.111. The van der Waals surface area contributed by atoms with Crippen molar-refractivity contribution >= 4 is 15.9 Å². The molecule has 2 rings (SSSR count). The van der Waals surface area contributed by atoms with E-state index >= 15 is 0 Å². The molecule has 2 fully saturated rings. The molecule has 104 valence electrons. The van der Waals surface area contributed by atoms with E-state index in [9.17, 15) is 13.2 Å². The van der Waals surface area contributed by atoms with Gasteiger partial charge in [-0.25, -0.2) is 13.2 Å². The van der Waals surface area contributed by atoms with E-state index in [1.807, 2.05) is 0 Å². The maximum Gasteiger partial charge on any atom is 0.314 e. The Balaban J connectivity index is 1.60. The SMILES string of the molecule is O=C(NC[C@@H]1CCS(=O)(=O)C1)NC[C@@H]1CCCO1. The minimum absolute atomic E-state index is 0.0588. The van der Waals surface area contributed by atoms with E-state index in [0.717, 1.165) is 19.4 Å². The molecule has 2 saturated heterocycles. The van der Waals surface area contributed by atoms with Crippen LogP contribution in [0.15, 0.2) is 0 Å². The lowest BCUT2D eigenvalue weighted by atomic mass is 10.1. The lowest BCUT2D eigenvalue weighted by Gasteiger charge is -2.13. The molecule has 0 radical (unpaired) electrons. The molecule has 7 heteroatoms. The van der Waals surface area contributed by atoms with Crippen LogP contribution in [0.2, 0.25) is 0 Å². The van der Waals surface area contributed by atoms with Crippen molar-refractivity contribution in [2.24, 2.45) is 5.92 Å². The van der Waals surface area contributed by atoms with Gasteiger partial charge in [-0.15, -0.1) is 0 Å². The first-order valence-electron chi connectivity index (χ1n) is 6.39. The average Bonchev–Trinajstić information content (AvgIpc) is 2.93. The standard InChI is InChI=1S/C11H20N2O4S/c14-11(13-7-10-2-1-4-17-10)12-6-9-3-5-18(15,16)8-9/h9-10H,1-8H2,(H2,12,13,14)/t9-,10-/m0/s1. The summed E-state index contributed by atoms with van der Waals surface area (Å²) in [5.41, 5.74) is 0. The second kappa shape index (κ2) is 5.88. The summed E-state index contributed by atoms with van der Waals surface area (Å²) >= 11 is 0. The first-order chi connectivity index (χ1) is 8.55. The third-order valence-corrected chi connectivity index (χ3v) is 5.23. The van der Waals surface area contributed by atoms with Gasteiger partial charge in [-0.05, 0) is 25.2 Å². The van der Waals surface area contributed by atoms with E-state index in [-0.39, 0.29) is 29.6 Å². The highest BCUT2D eigenvalue weighted by atomic mass is 32.2. The molecule has 0 aliphatic carbocycles. The van der Waals surface area contributed by atoms with Gasteiger partial charge < -0.3 is 15.4 Å². The van der Waals surface area contributed by atoms with E-state index in [1.54, 1.807) is 0 Å². The molecule has 0 unspecified atom stereocenters. The van der Waals surface area contributed by atoms with E-state index in [0.29, 0.717) is 19.5 Å². The molecule has 0 aromatic rings. The molecule has 0 bridgehead atoms. The van der Waals surface area contributed by atoms with Crippen LogP contribution < -0.4 is 10.6 Å². The van der Waals surface area contributed by atoms with Crippen molar-refractivity contribution < 1.29 is 17.9 Å². The summed E-state index contributed by atoms with van der Waals surface area (Å²) in [5, 5.41) is 5.46. The van der Waals surface area contributed by atoms with Crippen LogP contribution in [-0.4, -0.2) is 51.8 Å². The minimum Gasteiger partial charge on any atom is -0.376 e. The number of amides is 2. The molecular weight excluding hydrogens is 256 g/mol. The monoisotopic (exact) mass is 276 g/mol. The van der Waals surface area contributed by atoms with E-state index in [2.05, 4.69) is 10.6 Å². The highest BCUT2D eigenvalue weighted by Crippen LogP contribution is 2.17. The van der Waals surface area contributed by atoms with E-state index in [4.69, 9.17) is 4.74 Å². The summed E-state index contributed by atoms with van der Waals surface area (Å²) in [6.45, 7) is 1.72. The zero-order valence-corrected chi connectivity index (χ0v) is 11.2. The van der Waals surface area contributed by atoms with Crippen LogP contribution in [0.1, 0.15) is 19.3 Å². The number of hydrogen-bond donors (Lipinski definition) is 2. The molecule has 2 aliphatic heterocycles. The molecule has 0 aromatic carbocycles. The summed E-state index contributed by atoms with van der Waals surface area (Å²) in [6.07, 6.45) is 2.81. The zero-order valence-electron chi connectivity index (χ0n) is 10.4. The Hall–Kier alpha value is -0.820. The van der Waals surface area contributed by atoms with Crippen LogP contribution >= 0.6 is 0 Å². The fourth-order valence-corrected chi connectivity index (χ4v) is 4.21. The van der Waals surface area contributed by atoms with Crippen LogP contribution in [0, 0.1) is 5.92 Å². The maximum absolute atomic E-state index is 11.5. The Morgan fingerprint density at radius 2 is 2.00 bits per heavy atom. The van der Waals surface area contributed by atoms with Crippen molar-refractivity contribution in [3.05, 3.63) is 0 Å². The summed E-state index contributed by atoms with van der Waals surface area (Å²) in [7, 11) is -2.86. The van der Waals surface area contributed by atoms with Crippen LogP contribution in [0.5, 0.6) is 0 Å². The fraction of sp³-hybridized carbons (Fsp3) is 0.909. The Morgan fingerprint density at radius 3 is 2.61 bits per heavy atom. The van der Waals surface area contributed by atoms with Gasteiger partial charge in [0.25, 0.3) is 0 Å². The minimum atomic E-state index is -2.86. The summed E-state index contributed by atoms with van der Waals surface area (Å²) in [4.78, 5) is 11.5. The van der Waals surface area contributed by atoms with Crippen molar-refractivity contribution in [1.29, 1.82) is 0 Å². The number of sulfone groups is 1.